The number of aryl methyl sites for hydroxylation is 1. The lowest BCUT2D eigenvalue weighted by Crippen LogP contribution is -2.22. The van der Waals surface area contributed by atoms with Crippen LogP contribution in [0.2, 0.25) is 0 Å². The average Bonchev–Trinajstić information content (AvgIpc) is 2.54. The molecule has 0 saturated heterocycles. The molecule has 7 heteroatoms. The van der Waals surface area contributed by atoms with Crippen LogP contribution in [-0.4, -0.2) is 32.7 Å². The minimum absolute atomic E-state index is 0.0645. The summed E-state index contributed by atoms with van der Waals surface area (Å²) in [4.78, 5) is 23.5. The Labute approximate surface area is 138 Å². The van der Waals surface area contributed by atoms with Gasteiger partial charge in [-0.2, -0.15) is 0 Å². The number of fused-ring (bicyclic) bond motifs is 1. The van der Waals surface area contributed by atoms with Gasteiger partial charge in [-0.15, -0.1) is 0 Å². The smallest absolute Gasteiger partial charge is 0.259 e. The highest BCUT2D eigenvalue weighted by molar-refractivity contribution is 5.93. The van der Waals surface area contributed by atoms with Gasteiger partial charge in [0.1, 0.15) is 17.5 Å². The zero-order valence-electron chi connectivity index (χ0n) is 13.5. The van der Waals surface area contributed by atoms with E-state index in [1.165, 1.54) is 0 Å². The van der Waals surface area contributed by atoms with E-state index >= 15 is 0 Å². The van der Waals surface area contributed by atoms with E-state index in [1.807, 2.05) is 32.0 Å². The molecule has 0 aliphatic carbocycles. The molecule has 4 N–H and O–H groups in total. The van der Waals surface area contributed by atoms with Crippen molar-refractivity contribution in [1.82, 2.24) is 15.0 Å². The van der Waals surface area contributed by atoms with Gasteiger partial charge >= 0.3 is 0 Å². The quantitative estimate of drug-likeness (QED) is 0.573. The number of nitrogens with zero attached hydrogens (tertiary/aromatic N) is 2. The molecule has 3 aromatic heterocycles. The predicted octanol–water partition coefficient (Wildman–Crippen LogP) is 2.16. The topological polar surface area (TPSA) is 103 Å². The summed E-state index contributed by atoms with van der Waals surface area (Å²) in [5, 5.41) is 16.7. The van der Waals surface area contributed by atoms with Gasteiger partial charge in [-0.3, -0.25) is 4.79 Å². The van der Waals surface area contributed by atoms with Gasteiger partial charge in [-0.05, 0) is 49.1 Å². The molecule has 0 saturated carbocycles. The summed E-state index contributed by atoms with van der Waals surface area (Å²) in [5.74, 6) is 1.66. The van der Waals surface area contributed by atoms with Gasteiger partial charge in [0.15, 0.2) is 0 Å². The molecule has 0 fully saturated rings. The summed E-state index contributed by atoms with van der Waals surface area (Å²) < 4.78 is 0. The van der Waals surface area contributed by atoms with E-state index in [4.69, 9.17) is 0 Å². The Bertz CT molecular complexity index is 922. The van der Waals surface area contributed by atoms with E-state index in [-0.39, 0.29) is 18.2 Å². The van der Waals surface area contributed by atoms with Gasteiger partial charge in [0.25, 0.3) is 5.56 Å². The molecule has 0 aliphatic heterocycles. The molecule has 1 unspecified atom stereocenters. The Morgan fingerprint density at radius 2 is 2.12 bits per heavy atom. The van der Waals surface area contributed by atoms with Gasteiger partial charge < -0.3 is 20.7 Å². The number of nitrogens with one attached hydrogen (secondary N) is 3. The van der Waals surface area contributed by atoms with Crippen molar-refractivity contribution >= 4 is 28.2 Å². The van der Waals surface area contributed by atoms with Crippen LogP contribution in [0.3, 0.4) is 0 Å². The maximum Gasteiger partial charge on any atom is 0.259 e. The first-order chi connectivity index (χ1) is 11.6. The van der Waals surface area contributed by atoms with Crippen LogP contribution in [0.4, 0.5) is 17.5 Å². The third-order valence-corrected chi connectivity index (χ3v) is 3.58. The Hall–Kier alpha value is -2.93. The van der Waals surface area contributed by atoms with E-state index < -0.39 is 0 Å². The highest BCUT2D eigenvalue weighted by atomic mass is 16.3. The minimum Gasteiger partial charge on any atom is -0.394 e. The summed E-state index contributed by atoms with van der Waals surface area (Å²) in [6.07, 6.45) is 3.31. The maximum atomic E-state index is 12.2. The molecular formula is C17H19N5O2. The fourth-order valence-electron chi connectivity index (χ4n) is 2.40. The zero-order valence-corrected chi connectivity index (χ0v) is 13.5. The molecule has 0 aromatic carbocycles. The number of anilines is 3. The molecule has 0 bridgehead atoms. The normalized spacial score (nSPS) is 12.1. The third-order valence-electron chi connectivity index (χ3n) is 3.58. The molecule has 0 radical (unpaired) electrons. The van der Waals surface area contributed by atoms with E-state index in [9.17, 15) is 9.90 Å². The summed E-state index contributed by atoms with van der Waals surface area (Å²) >= 11 is 0. The summed E-state index contributed by atoms with van der Waals surface area (Å²) in [6.45, 7) is 3.73. The number of H-pyrrole nitrogens is 1. The van der Waals surface area contributed by atoms with E-state index in [0.717, 1.165) is 10.9 Å². The van der Waals surface area contributed by atoms with Crippen LogP contribution in [0.1, 0.15) is 12.5 Å². The first-order valence-electron chi connectivity index (χ1n) is 7.66. The summed E-state index contributed by atoms with van der Waals surface area (Å²) in [7, 11) is 0. The average molecular weight is 325 g/mol. The highest BCUT2D eigenvalue weighted by Crippen LogP contribution is 2.24. The van der Waals surface area contributed by atoms with E-state index in [2.05, 4.69) is 25.6 Å². The number of pyridine rings is 3. The van der Waals surface area contributed by atoms with Crippen LogP contribution >= 0.6 is 0 Å². The maximum absolute atomic E-state index is 12.2. The largest absolute Gasteiger partial charge is 0.394 e. The first kappa shape index (κ1) is 15.9. The number of rotatable bonds is 5. The van der Waals surface area contributed by atoms with Crippen LogP contribution < -0.4 is 16.2 Å². The van der Waals surface area contributed by atoms with Crippen molar-refractivity contribution in [2.45, 2.75) is 19.9 Å². The Balaban J connectivity index is 2.07. The molecule has 0 amide bonds. The number of hydrogen-bond acceptors (Lipinski definition) is 6. The second-order valence-corrected chi connectivity index (χ2v) is 5.70. The number of aromatic amines is 1. The highest BCUT2D eigenvalue weighted by Gasteiger charge is 2.12. The number of aliphatic hydroxyl groups excluding tert-OH is 1. The molecule has 1 atom stereocenters. The molecule has 0 spiro atoms. The van der Waals surface area contributed by atoms with Crippen molar-refractivity contribution in [2.75, 3.05) is 17.2 Å². The van der Waals surface area contributed by atoms with Crippen LogP contribution in [0.25, 0.3) is 10.8 Å². The fraction of sp³-hybridized carbons (Fsp3) is 0.235. The number of hydrogen-bond donors (Lipinski definition) is 4. The second-order valence-electron chi connectivity index (χ2n) is 5.70. The lowest BCUT2D eigenvalue weighted by molar-refractivity contribution is 0.281. The standard InChI is InChI=1S/C17H19N5O2/c1-10-3-5-18-13(7-10)21-14-8-12-4-6-19-17(24)15(12)16(22-14)20-11(2)9-23/h3-8,11,23H,9H2,1-2H3,(H,19,24)(H2,18,20,21,22). The fourth-order valence-corrected chi connectivity index (χ4v) is 2.40. The van der Waals surface area contributed by atoms with Crippen LogP contribution in [0.5, 0.6) is 0 Å². The van der Waals surface area contributed by atoms with Crippen molar-refractivity contribution in [1.29, 1.82) is 0 Å². The molecular weight excluding hydrogens is 306 g/mol. The van der Waals surface area contributed by atoms with Crippen molar-refractivity contribution < 1.29 is 5.11 Å². The van der Waals surface area contributed by atoms with Gasteiger partial charge in [0.05, 0.1) is 12.0 Å². The lowest BCUT2D eigenvalue weighted by atomic mass is 10.2. The van der Waals surface area contributed by atoms with Gasteiger partial charge in [-0.1, -0.05) is 0 Å². The van der Waals surface area contributed by atoms with Gasteiger partial charge in [-0.25, -0.2) is 9.97 Å². The molecule has 24 heavy (non-hydrogen) atoms. The molecule has 3 rings (SSSR count). The van der Waals surface area contributed by atoms with Crippen molar-refractivity contribution in [2.24, 2.45) is 0 Å². The second kappa shape index (κ2) is 6.67. The van der Waals surface area contributed by atoms with Gasteiger partial charge in [0.2, 0.25) is 0 Å². The van der Waals surface area contributed by atoms with E-state index in [0.29, 0.717) is 22.8 Å². The number of aliphatic hydroxyl groups is 1. The summed E-state index contributed by atoms with van der Waals surface area (Å²) in [5.41, 5.74) is 0.852. The molecule has 3 aromatic rings. The molecule has 124 valence electrons. The van der Waals surface area contributed by atoms with Crippen molar-refractivity contribution in [3.63, 3.8) is 0 Å². The van der Waals surface area contributed by atoms with Crippen LogP contribution in [0.15, 0.2) is 41.5 Å². The Morgan fingerprint density at radius 3 is 2.88 bits per heavy atom. The monoisotopic (exact) mass is 325 g/mol. The van der Waals surface area contributed by atoms with Gasteiger partial charge in [0, 0.05) is 18.4 Å². The Kier molecular flexibility index (Phi) is 4.43. The predicted molar refractivity (Wildman–Crippen MR) is 94.8 cm³/mol. The van der Waals surface area contributed by atoms with Crippen LogP contribution in [0, 0.1) is 6.92 Å². The lowest BCUT2D eigenvalue weighted by Gasteiger charge is -2.15. The zero-order chi connectivity index (χ0) is 17.1. The van der Waals surface area contributed by atoms with Crippen molar-refractivity contribution in [3.8, 4) is 0 Å². The Morgan fingerprint density at radius 1 is 1.29 bits per heavy atom. The molecule has 0 aliphatic rings. The minimum atomic E-state index is -0.229. The van der Waals surface area contributed by atoms with E-state index in [1.54, 1.807) is 18.5 Å². The van der Waals surface area contributed by atoms with Crippen LogP contribution in [-0.2, 0) is 0 Å². The third kappa shape index (κ3) is 3.36. The molecule has 3 heterocycles. The SMILES string of the molecule is Cc1ccnc(Nc2cc3cc[nH]c(=O)c3c(NC(C)CO)n2)c1. The van der Waals surface area contributed by atoms with Crippen molar-refractivity contribution in [3.05, 3.63) is 52.6 Å². The first-order valence-corrected chi connectivity index (χ1v) is 7.66. The summed E-state index contributed by atoms with van der Waals surface area (Å²) in [6, 6.07) is 7.19. The molecule has 7 nitrogen and oxygen atoms in total. The number of aromatic nitrogens is 3.